The van der Waals surface area contributed by atoms with Gasteiger partial charge in [-0.2, -0.15) is 5.26 Å². The molecule has 1 atom stereocenters. The zero-order valence-electron chi connectivity index (χ0n) is 11.4. The largest absolute Gasteiger partial charge is 0.494 e. The van der Waals surface area contributed by atoms with Crippen molar-refractivity contribution >= 4 is 0 Å². The molecule has 0 N–H and O–H groups in total. The predicted octanol–water partition coefficient (Wildman–Crippen LogP) is 3.86. The highest BCUT2D eigenvalue weighted by Crippen LogP contribution is 2.41. The minimum atomic E-state index is -0.370. The standard InChI is InChI=1S/C18H17NO/c19-14-18(11-10-15-6-4-5-9-17(15)18)12-13-20-16-7-2-1-3-8-16/h1-9H,10-13H2. The molecule has 0 fully saturated rings. The average molecular weight is 263 g/mol. The number of fused-ring (bicyclic) bond motifs is 1. The van der Waals surface area contributed by atoms with Crippen molar-refractivity contribution in [1.29, 1.82) is 5.26 Å². The molecule has 20 heavy (non-hydrogen) atoms. The van der Waals surface area contributed by atoms with E-state index in [0.29, 0.717) is 6.61 Å². The van der Waals surface area contributed by atoms with E-state index in [4.69, 9.17) is 4.74 Å². The summed E-state index contributed by atoms with van der Waals surface area (Å²) < 4.78 is 5.76. The Hall–Kier alpha value is -2.27. The van der Waals surface area contributed by atoms with Crippen molar-refractivity contribution in [2.45, 2.75) is 24.7 Å². The van der Waals surface area contributed by atoms with Gasteiger partial charge in [0.1, 0.15) is 5.75 Å². The molecule has 0 bridgehead atoms. The van der Waals surface area contributed by atoms with E-state index in [1.54, 1.807) is 0 Å². The molecule has 1 aliphatic carbocycles. The van der Waals surface area contributed by atoms with Crippen LogP contribution in [-0.4, -0.2) is 6.61 Å². The van der Waals surface area contributed by atoms with E-state index in [1.165, 1.54) is 11.1 Å². The summed E-state index contributed by atoms with van der Waals surface area (Å²) in [5.74, 6) is 0.867. The Labute approximate surface area is 119 Å². The number of ether oxygens (including phenoxy) is 1. The molecule has 2 heteroatoms. The summed E-state index contributed by atoms with van der Waals surface area (Å²) in [7, 11) is 0. The van der Waals surface area contributed by atoms with Crippen LogP contribution in [0.3, 0.4) is 0 Å². The van der Waals surface area contributed by atoms with Gasteiger partial charge >= 0.3 is 0 Å². The summed E-state index contributed by atoms with van der Waals surface area (Å²) in [4.78, 5) is 0. The molecule has 0 saturated carbocycles. The minimum absolute atomic E-state index is 0.370. The van der Waals surface area contributed by atoms with Gasteiger partial charge in [-0.1, -0.05) is 42.5 Å². The number of hydrogen-bond acceptors (Lipinski definition) is 2. The Bertz CT molecular complexity index is 629. The van der Waals surface area contributed by atoms with Crippen LogP contribution in [-0.2, 0) is 11.8 Å². The fraction of sp³-hybridized carbons (Fsp3) is 0.278. The van der Waals surface area contributed by atoms with Crippen molar-refractivity contribution < 1.29 is 4.74 Å². The van der Waals surface area contributed by atoms with Gasteiger partial charge in [0.2, 0.25) is 0 Å². The molecule has 1 unspecified atom stereocenters. The lowest BCUT2D eigenvalue weighted by Gasteiger charge is -2.22. The molecule has 2 nitrogen and oxygen atoms in total. The Morgan fingerprint density at radius 2 is 1.80 bits per heavy atom. The summed E-state index contributed by atoms with van der Waals surface area (Å²) in [6.45, 7) is 0.575. The first-order valence-corrected chi connectivity index (χ1v) is 7.02. The molecular formula is C18H17NO. The fourth-order valence-electron chi connectivity index (χ4n) is 2.98. The normalized spacial score (nSPS) is 20.1. The fourth-order valence-corrected chi connectivity index (χ4v) is 2.98. The third-order valence-corrected chi connectivity index (χ3v) is 4.11. The van der Waals surface area contributed by atoms with Crippen LogP contribution in [0.2, 0.25) is 0 Å². The van der Waals surface area contributed by atoms with Gasteiger partial charge in [0.25, 0.3) is 0 Å². The van der Waals surface area contributed by atoms with Crippen molar-refractivity contribution in [3.63, 3.8) is 0 Å². The molecule has 0 radical (unpaired) electrons. The summed E-state index contributed by atoms with van der Waals surface area (Å²) in [6, 6.07) is 20.6. The third kappa shape index (κ3) is 2.28. The van der Waals surface area contributed by atoms with Gasteiger partial charge in [-0.25, -0.2) is 0 Å². The van der Waals surface area contributed by atoms with Crippen molar-refractivity contribution in [2.24, 2.45) is 0 Å². The third-order valence-electron chi connectivity index (χ3n) is 4.11. The monoisotopic (exact) mass is 263 g/mol. The molecule has 2 aromatic carbocycles. The molecule has 1 aliphatic rings. The lowest BCUT2D eigenvalue weighted by atomic mass is 9.80. The first-order valence-electron chi connectivity index (χ1n) is 7.02. The van der Waals surface area contributed by atoms with Crippen molar-refractivity contribution in [3.8, 4) is 11.8 Å². The molecule has 0 saturated heterocycles. The molecule has 0 heterocycles. The number of rotatable bonds is 4. The van der Waals surface area contributed by atoms with Gasteiger partial charge in [0.15, 0.2) is 0 Å². The SMILES string of the molecule is N#CC1(CCOc2ccccc2)CCc2ccccc21. The minimum Gasteiger partial charge on any atom is -0.494 e. The molecule has 3 rings (SSSR count). The van der Waals surface area contributed by atoms with Crippen molar-refractivity contribution in [3.05, 3.63) is 65.7 Å². The van der Waals surface area contributed by atoms with Crippen LogP contribution in [0.5, 0.6) is 5.75 Å². The van der Waals surface area contributed by atoms with Crippen LogP contribution in [0.25, 0.3) is 0 Å². The summed E-state index contributed by atoms with van der Waals surface area (Å²) in [5.41, 5.74) is 2.14. The summed E-state index contributed by atoms with van der Waals surface area (Å²) >= 11 is 0. The smallest absolute Gasteiger partial charge is 0.119 e. The van der Waals surface area contributed by atoms with Crippen LogP contribution in [0, 0.1) is 11.3 Å². The molecular weight excluding hydrogens is 246 g/mol. The van der Waals surface area contributed by atoms with E-state index in [-0.39, 0.29) is 5.41 Å². The quantitative estimate of drug-likeness (QED) is 0.839. The average Bonchev–Trinajstić information content (AvgIpc) is 2.88. The first kappa shape index (κ1) is 12.7. The zero-order valence-corrected chi connectivity index (χ0v) is 11.4. The van der Waals surface area contributed by atoms with E-state index < -0.39 is 0 Å². The Morgan fingerprint density at radius 3 is 2.60 bits per heavy atom. The van der Waals surface area contributed by atoms with Crippen molar-refractivity contribution in [1.82, 2.24) is 0 Å². The summed E-state index contributed by atoms with van der Waals surface area (Å²) in [6.07, 6.45) is 2.64. The number of hydrogen-bond donors (Lipinski definition) is 0. The van der Waals surface area contributed by atoms with Gasteiger partial charge in [-0.15, -0.1) is 0 Å². The topological polar surface area (TPSA) is 33.0 Å². The van der Waals surface area contributed by atoms with Crippen LogP contribution in [0.1, 0.15) is 24.0 Å². The first-order chi connectivity index (χ1) is 9.84. The Morgan fingerprint density at radius 1 is 1.05 bits per heavy atom. The Kier molecular flexibility index (Phi) is 3.43. The maximum absolute atomic E-state index is 9.65. The van der Waals surface area contributed by atoms with Gasteiger partial charge in [-0.3, -0.25) is 0 Å². The molecule has 0 aliphatic heterocycles. The van der Waals surface area contributed by atoms with Gasteiger partial charge < -0.3 is 4.74 Å². The van der Waals surface area contributed by atoms with Gasteiger partial charge in [-0.05, 0) is 36.1 Å². The number of nitrogens with zero attached hydrogens (tertiary/aromatic N) is 1. The number of aryl methyl sites for hydroxylation is 1. The number of para-hydroxylation sites is 1. The lowest BCUT2D eigenvalue weighted by Crippen LogP contribution is -2.23. The van der Waals surface area contributed by atoms with E-state index in [9.17, 15) is 5.26 Å². The molecule has 2 aromatic rings. The lowest BCUT2D eigenvalue weighted by molar-refractivity contribution is 0.278. The van der Waals surface area contributed by atoms with E-state index in [1.807, 2.05) is 42.5 Å². The highest BCUT2D eigenvalue weighted by molar-refractivity contribution is 5.44. The van der Waals surface area contributed by atoms with Gasteiger partial charge in [0.05, 0.1) is 18.1 Å². The van der Waals surface area contributed by atoms with E-state index >= 15 is 0 Å². The second-order valence-electron chi connectivity index (χ2n) is 5.26. The molecule has 0 spiro atoms. The summed E-state index contributed by atoms with van der Waals surface area (Å²) in [5, 5.41) is 9.65. The van der Waals surface area contributed by atoms with E-state index in [0.717, 1.165) is 25.0 Å². The Balaban J connectivity index is 1.71. The highest BCUT2D eigenvalue weighted by Gasteiger charge is 2.38. The molecule has 0 amide bonds. The number of nitriles is 1. The highest BCUT2D eigenvalue weighted by atomic mass is 16.5. The van der Waals surface area contributed by atoms with Gasteiger partial charge in [0, 0.05) is 6.42 Å². The second-order valence-corrected chi connectivity index (χ2v) is 5.26. The maximum Gasteiger partial charge on any atom is 0.119 e. The maximum atomic E-state index is 9.65. The predicted molar refractivity (Wildman–Crippen MR) is 78.6 cm³/mol. The van der Waals surface area contributed by atoms with Crippen LogP contribution in [0.15, 0.2) is 54.6 Å². The zero-order chi connectivity index (χ0) is 13.8. The van der Waals surface area contributed by atoms with Crippen LogP contribution >= 0.6 is 0 Å². The molecule has 0 aromatic heterocycles. The number of benzene rings is 2. The van der Waals surface area contributed by atoms with Crippen LogP contribution < -0.4 is 4.74 Å². The van der Waals surface area contributed by atoms with Crippen LogP contribution in [0.4, 0.5) is 0 Å². The van der Waals surface area contributed by atoms with E-state index in [2.05, 4.69) is 18.2 Å². The second kappa shape index (κ2) is 5.38. The van der Waals surface area contributed by atoms with Crippen molar-refractivity contribution in [2.75, 3.05) is 6.61 Å². The molecule has 100 valence electrons.